The van der Waals surface area contributed by atoms with Gasteiger partial charge in [-0.05, 0) is 12.1 Å². The number of aromatic hydroxyl groups is 1. The number of aromatic nitrogens is 2. The number of hydrogen-bond acceptors (Lipinski definition) is 4. The lowest BCUT2D eigenvalue weighted by molar-refractivity contribution is -0.131. The molecule has 2 aromatic carbocycles. The zero-order valence-corrected chi connectivity index (χ0v) is 12.7. The van der Waals surface area contributed by atoms with Gasteiger partial charge in [-0.1, -0.05) is 6.07 Å². The number of H-pyrrole nitrogens is 1. The molecule has 0 aliphatic heterocycles. The topological polar surface area (TPSA) is 70.2 Å². The Morgan fingerprint density at radius 3 is 2.80 bits per heavy atom. The van der Waals surface area contributed by atoms with Crippen molar-refractivity contribution in [3.05, 3.63) is 42.5 Å². The van der Waals surface area contributed by atoms with Crippen molar-refractivity contribution in [1.29, 1.82) is 0 Å². The van der Waals surface area contributed by atoms with Gasteiger partial charge in [0.05, 0.1) is 24.0 Å². The van der Waals surface area contributed by atoms with Crippen molar-refractivity contribution in [2.75, 3.05) is 11.9 Å². The fourth-order valence-electron chi connectivity index (χ4n) is 2.26. The van der Waals surface area contributed by atoms with Crippen molar-refractivity contribution in [3.8, 4) is 17.2 Å². The lowest BCUT2D eigenvalue weighted by atomic mass is 10.2. The largest absolute Gasteiger partial charge is 0.502 e. The second-order valence-corrected chi connectivity index (χ2v) is 5.25. The Hall–Kier alpha value is -2.97. The van der Waals surface area contributed by atoms with Gasteiger partial charge >= 0.3 is 6.18 Å². The first-order valence-corrected chi connectivity index (χ1v) is 7.26. The molecule has 1 aromatic heterocycles. The van der Waals surface area contributed by atoms with E-state index in [9.17, 15) is 22.7 Å². The van der Waals surface area contributed by atoms with Gasteiger partial charge in [0, 0.05) is 18.7 Å². The van der Waals surface area contributed by atoms with E-state index in [0.29, 0.717) is 16.7 Å². The molecule has 3 aromatic rings. The molecule has 3 rings (SSSR count). The molecule has 0 radical (unpaired) electrons. The zero-order valence-electron chi connectivity index (χ0n) is 12.7. The highest BCUT2D eigenvalue weighted by Gasteiger charge is 2.26. The van der Waals surface area contributed by atoms with Gasteiger partial charge in [0.15, 0.2) is 17.3 Å². The molecule has 132 valence electrons. The normalized spacial score (nSPS) is 11.7. The van der Waals surface area contributed by atoms with E-state index in [2.05, 4.69) is 15.3 Å². The van der Waals surface area contributed by atoms with Crippen LogP contribution in [0.25, 0.3) is 11.0 Å². The summed E-state index contributed by atoms with van der Waals surface area (Å²) in [6, 6.07) is 6.78. The molecule has 0 bridgehead atoms. The van der Waals surface area contributed by atoms with Crippen molar-refractivity contribution in [3.63, 3.8) is 0 Å². The van der Waals surface area contributed by atoms with Crippen LogP contribution in [-0.4, -0.2) is 27.8 Å². The van der Waals surface area contributed by atoms with Gasteiger partial charge in [0.2, 0.25) is 0 Å². The van der Waals surface area contributed by atoms with E-state index in [1.54, 1.807) is 6.07 Å². The number of fused-ring (bicyclic) bond motifs is 1. The number of alkyl halides is 3. The summed E-state index contributed by atoms with van der Waals surface area (Å²) in [6.07, 6.45) is -3.89. The van der Waals surface area contributed by atoms with Gasteiger partial charge in [0.1, 0.15) is 11.3 Å². The summed E-state index contributed by atoms with van der Waals surface area (Å²) < 4.78 is 55.8. The van der Waals surface area contributed by atoms with Gasteiger partial charge in [-0.15, -0.1) is 0 Å². The highest BCUT2D eigenvalue weighted by atomic mass is 19.4. The Kier molecular flexibility index (Phi) is 4.39. The maximum absolute atomic E-state index is 13.4. The summed E-state index contributed by atoms with van der Waals surface area (Å²) in [6.45, 7) is -0.333. The van der Waals surface area contributed by atoms with Crippen LogP contribution in [0, 0.1) is 5.82 Å². The van der Waals surface area contributed by atoms with Crippen molar-refractivity contribution >= 4 is 16.7 Å². The summed E-state index contributed by atoms with van der Waals surface area (Å²) in [4.78, 5) is 6.88. The average molecular weight is 355 g/mol. The molecule has 0 saturated heterocycles. The molecule has 5 nitrogen and oxygen atoms in total. The van der Waals surface area contributed by atoms with Crippen LogP contribution in [0.2, 0.25) is 0 Å². The number of imidazole rings is 1. The smallest absolute Gasteiger partial charge is 0.390 e. The van der Waals surface area contributed by atoms with Crippen LogP contribution in [0.4, 0.5) is 23.2 Å². The molecule has 9 heteroatoms. The zero-order chi connectivity index (χ0) is 18.0. The molecule has 25 heavy (non-hydrogen) atoms. The van der Waals surface area contributed by atoms with Crippen LogP contribution < -0.4 is 10.1 Å². The van der Waals surface area contributed by atoms with Crippen LogP contribution >= 0.6 is 0 Å². The molecule has 1 heterocycles. The van der Waals surface area contributed by atoms with E-state index in [1.165, 1.54) is 24.5 Å². The van der Waals surface area contributed by atoms with Crippen LogP contribution in [0.15, 0.2) is 36.7 Å². The number of aromatic amines is 1. The predicted molar refractivity (Wildman–Crippen MR) is 83.4 cm³/mol. The summed E-state index contributed by atoms with van der Waals surface area (Å²) in [5, 5.41) is 12.3. The lowest BCUT2D eigenvalue weighted by Crippen LogP contribution is -2.14. The monoisotopic (exact) mass is 355 g/mol. The minimum Gasteiger partial charge on any atom is -0.502 e. The molecule has 0 fully saturated rings. The number of ether oxygens (including phenoxy) is 1. The Labute approximate surface area is 139 Å². The molecule has 0 aliphatic rings. The molecule has 0 amide bonds. The van der Waals surface area contributed by atoms with Gasteiger partial charge < -0.3 is 20.1 Å². The van der Waals surface area contributed by atoms with Gasteiger partial charge in [0.25, 0.3) is 0 Å². The van der Waals surface area contributed by atoms with Crippen molar-refractivity contribution in [2.45, 2.75) is 12.6 Å². The Bertz CT molecular complexity index is 893. The maximum atomic E-state index is 13.4. The number of para-hydroxylation sites is 1. The van der Waals surface area contributed by atoms with Gasteiger partial charge in [-0.2, -0.15) is 13.2 Å². The number of hydrogen-bond donors (Lipinski definition) is 3. The predicted octanol–water partition coefficient (Wildman–Crippen LogP) is 4.56. The van der Waals surface area contributed by atoms with E-state index in [4.69, 9.17) is 4.74 Å². The third kappa shape index (κ3) is 3.93. The van der Waals surface area contributed by atoms with Gasteiger partial charge in [-0.25, -0.2) is 9.37 Å². The number of rotatable bonds is 5. The minimum absolute atomic E-state index is 0.111. The van der Waals surface area contributed by atoms with Crippen molar-refractivity contribution in [2.24, 2.45) is 0 Å². The molecule has 3 N–H and O–H groups in total. The molecular formula is C16H13F4N3O2. The molecule has 0 atom stereocenters. The first kappa shape index (κ1) is 16.9. The number of anilines is 1. The Balaban J connectivity index is 1.87. The number of halogens is 4. The molecule has 0 unspecified atom stereocenters. The van der Waals surface area contributed by atoms with E-state index in [-0.39, 0.29) is 18.0 Å². The van der Waals surface area contributed by atoms with Crippen LogP contribution in [-0.2, 0) is 0 Å². The number of nitrogens with zero attached hydrogens (tertiary/aromatic N) is 1. The van der Waals surface area contributed by atoms with Crippen LogP contribution in [0.3, 0.4) is 0 Å². The lowest BCUT2D eigenvalue weighted by Gasteiger charge is -2.12. The van der Waals surface area contributed by atoms with Crippen LogP contribution in [0.5, 0.6) is 17.2 Å². The molecule has 0 saturated carbocycles. The Morgan fingerprint density at radius 1 is 1.24 bits per heavy atom. The van der Waals surface area contributed by atoms with E-state index < -0.39 is 24.2 Å². The Morgan fingerprint density at radius 2 is 2.04 bits per heavy atom. The summed E-state index contributed by atoms with van der Waals surface area (Å²) in [7, 11) is 0. The first-order valence-electron chi connectivity index (χ1n) is 7.26. The fourth-order valence-corrected chi connectivity index (χ4v) is 2.26. The summed E-state index contributed by atoms with van der Waals surface area (Å²) in [5.41, 5.74) is 1.29. The second kappa shape index (κ2) is 6.50. The summed E-state index contributed by atoms with van der Waals surface area (Å²) >= 11 is 0. The summed E-state index contributed by atoms with van der Waals surface area (Å²) in [5.74, 6) is -1.41. The maximum Gasteiger partial charge on any atom is 0.390 e. The average Bonchev–Trinajstić information content (AvgIpc) is 2.99. The van der Waals surface area contributed by atoms with E-state index in [0.717, 1.165) is 6.07 Å². The van der Waals surface area contributed by atoms with Crippen LogP contribution in [0.1, 0.15) is 6.42 Å². The second-order valence-electron chi connectivity index (χ2n) is 5.25. The molecule has 0 spiro atoms. The van der Waals surface area contributed by atoms with Crippen molar-refractivity contribution in [1.82, 2.24) is 9.97 Å². The highest BCUT2D eigenvalue weighted by molar-refractivity contribution is 5.89. The quantitative estimate of drug-likeness (QED) is 0.587. The van der Waals surface area contributed by atoms with E-state index >= 15 is 0 Å². The minimum atomic E-state index is -4.28. The number of phenols is 1. The SMILES string of the molecule is Oc1c(F)cccc1Oc1cc(NCCC(F)(F)F)c2nc[nH]c2c1. The third-order valence-corrected chi connectivity index (χ3v) is 3.40. The number of phenolic OH excluding ortho intramolecular Hbond substituents is 1. The molecule has 0 aliphatic carbocycles. The van der Waals surface area contributed by atoms with E-state index in [1.807, 2.05) is 0 Å². The highest BCUT2D eigenvalue weighted by Crippen LogP contribution is 2.35. The first-order chi connectivity index (χ1) is 11.8. The van der Waals surface area contributed by atoms with Crippen molar-refractivity contribution < 1.29 is 27.4 Å². The standard InChI is InChI=1S/C16H13F4N3O2/c17-10-2-1-3-13(15(10)24)25-9-6-11(21-5-4-16(18,19)20)14-12(7-9)22-8-23-14/h1-3,6-8,21,24H,4-5H2,(H,22,23). The number of nitrogens with one attached hydrogen (secondary N) is 2. The number of benzene rings is 2. The van der Waals surface area contributed by atoms with Gasteiger partial charge in [-0.3, -0.25) is 0 Å². The third-order valence-electron chi connectivity index (χ3n) is 3.40. The molecular weight excluding hydrogens is 342 g/mol. The fraction of sp³-hybridized carbons (Fsp3) is 0.188.